The van der Waals surface area contributed by atoms with Gasteiger partial charge in [-0.1, -0.05) is 0 Å². The molecule has 0 fully saturated rings. The normalized spacial score (nSPS) is 14.1. The van der Waals surface area contributed by atoms with E-state index in [1.807, 2.05) is 0 Å². The summed E-state index contributed by atoms with van der Waals surface area (Å²) in [7, 11) is 0. The van der Waals surface area contributed by atoms with Gasteiger partial charge in [0, 0.05) is 19.4 Å². The van der Waals surface area contributed by atoms with Crippen LogP contribution in [-0.4, -0.2) is 24.7 Å². The maximum Gasteiger partial charge on any atom is 0.389 e. The molecule has 0 aromatic carbocycles. The van der Waals surface area contributed by atoms with Gasteiger partial charge in [-0.05, 0) is 20.3 Å². The van der Waals surface area contributed by atoms with Crippen molar-refractivity contribution < 1.29 is 22.7 Å². The molecule has 0 heterocycles. The summed E-state index contributed by atoms with van der Waals surface area (Å²) < 4.78 is 40.1. The monoisotopic (exact) mass is 212 g/mol. The number of ether oxygens (including phenoxy) is 1. The molecule has 0 aromatic heterocycles. The van der Waals surface area contributed by atoms with E-state index in [2.05, 4.69) is 0 Å². The maximum absolute atomic E-state index is 11.7. The summed E-state index contributed by atoms with van der Waals surface area (Å²) in [6, 6.07) is 0. The van der Waals surface area contributed by atoms with E-state index < -0.39 is 12.6 Å². The first kappa shape index (κ1) is 13.4. The number of rotatable bonds is 6. The first-order valence-electron chi connectivity index (χ1n) is 4.49. The highest BCUT2D eigenvalue weighted by molar-refractivity contribution is 5.75. The van der Waals surface area contributed by atoms with Crippen molar-refractivity contribution in [3.63, 3.8) is 0 Å². The van der Waals surface area contributed by atoms with Crippen LogP contribution in [0.3, 0.4) is 0 Å². The number of alkyl halides is 3. The van der Waals surface area contributed by atoms with E-state index in [1.165, 1.54) is 6.92 Å². The molecule has 84 valence electrons. The molecule has 0 aromatic rings. The quantitative estimate of drug-likeness (QED) is 0.633. The molecular weight excluding hydrogens is 197 g/mol. The Morgan fingerprint density at radius 1 is 1.43 bits per heavy atom. The van der Waals surface area contributed by atoms with E-state index in [9.17, 15) is 18.0 Å². The minimum Gasteiger partial charge on any atom is -0.378 e. The van der Waals surface area contributed by atoms with E-state index in [0.717, 1.165) is 0 Å². The van der Waals surface area contributed by atoms with Gasteiger partial charge in [0.1, 0.15) is 5.78 Å². The van der Waals surface area contributed by atoms with Crippen molar-refractivity contribution in [3.05, 3.63) is 0 Å². The van der Waals surface area contributed by atoms with Gasteiger partial charge in [0.25, 0.3) is 0 Å². The Morgan fingerprint density at radius 3 is 2.43 bits per heavy atom. The van der Waals surface area contributed by atoms with Crippen molar-refractivity contribution in [3.8, 4) is 0 Å². The Hall–Kier alpha value is -0.580. The molecule has 0 rings (SSSR count). The number of hydrogen-bond donors (Lipinski definition) is 0. The highest BCUT2D eigenvalue weighted by atomic mass is 19.4. The smallest absolute Gasteiger partial charge is 0.378 e. The van der Waals surface area contributed by atoms with Crippen molar-refractivity contribution in [2.24, 2.45) is 0 Å². The van der Waals surface area contributed by atoms with E-state index in [1.54, 1.807) is 6.92 Å². The van der Waals surface area contributed by atoms with E-state index >= 15 is 0 Å². The van der Waals surface area contributed by atoms with Crippen molar-refractivity contribution in [2.75, 3.05) is 6.61 Å². The summed E-state index contributed by atoms with van der Waals surface area (Å²) in [5, 5.41) is 0. The molecule has 0 spiro atoms. The Kier molecular flexibility index (Phi) is 5.76. The molecule has 0 aliphatic rings. The predicted octanol–water partition coefficient (Wildman–Crippen LogP) is 2.71. The highest BCUT2D eigenvalue weighted by Crippen LogP contribution is 2.21. The molecule has 0 amide bonds. The fraction of sp³-hybridized carbons (Fsp3) is 0.889. The molecule has 5 heteroatoms. The summed E-state index contributed by atoms with van der Waals surface area (Å²) in [6.45, 7) is 3.15. The second-order valence-corrected chi connectivity index (χ2v) is 3.31. The number of halogens is 3. The van der Waals surface area contributed by atoms with Crippen LogP contribution in [-0.2, 0) is 9.53 Å². The third-order valence-electron chi connectivity index (χ3n) is 1.58. The third-order valence-corrected chi connectivity index (χ3v) is 1.58. The summed E-state index contributed by atoms with van der Waals surface area (Å²) >= 11 is 0. The Bertz CT molecular complexity index is 177. The van der Waals surface area contributed by atoms with Gasteiger partial charge in [-0.2, -0.15) is 13.2 Å². The zero-order valence-electron chi connectivity index (χ0n) is 8.36. The van der Waals surface area contributed by atoms with Gasteiger partial charge in [0.15, 0.2) is 0 Å². The fourth-order valence-electron chi connectivity index (χ4n) is 1.02. The van der Waals surface area contributed by atoms with Gasteiger partial charge in [-0.3, -0.25) is 4.79 Å². The van der Waals surface area contributed by atoms with Crippen molar-refractivity contribution >= 4 is 5.78 Å². The number of hydrogen-bond acceptors (Lipinski definition) is 2. The molecule has 0 radical (unpaired) electrons. The predicted molar refractivity (Wildman–Crippen MR) is 46.0 cm³/mol. The molecule has 0 aliphatic carbocycles. The molecule has 0 aliphatic heterocycles. The van der Waals surface area contributed by atoms with E-state index in [4.69, 9.17) is 4.74 Å². The van der Waals surface area contributed by atoms with Crippen LogP contribution in [0.2, 0.25) is 0 Å². The van der Waals surface area contributed by atoms with Gasteiger partial charge in [-0.25, -0.2) is 0 Å². The van der Waals surface area contributed by atoms with Gasteiger partial charge < -0.3 is 4.74 Å². The van der Waals surface area contributed by atoms with Crippen molar-refractivity contribution in [1.29, 1.82) is 0 Å². The molecule has 1 unspecified atom stereocenters. The lowest BCUT2D eigenvalue weighted by molar-refractivity contribution is -0.139. The summed E-state index contributed by atoms with van der Waals surface area (Å²) in [6.07, 6.45) is -5.04. The van der Waals surface area contributed by atoms with Crippen LogP contribution >= 0.6 is 0 Å². The van der Waals surface area contributed by atoms with Crippen molar-refractivity contribution in [2.45, 2.75) is 45.4 Å². The van der Waals surface area contributed by atoms with E-state index in [0.29, 0.717) is 0 Å². The lowest BCUT2D eigenvalue weighted by Crippen LogP contribution is -2.15. The van der Waals surface area contributed by atoms with Crippen LogP contribution in [0.25, 0.3) is 0 Å². The average molecular weight is 212 g/mol. The van der Waals surface area contributed by atoms with Crippen LogP contribution in [0.1, 0.15) is 33.1 Å². The van der Waals surface area contributed by atoms with Gasteiger partial charge in [0.05, 0.1) is 6.10 Å². The maximum atomic E-state index is 11.7. The minimum absolute atomic E-state index is 0.0201. The number of ketones is 1. The first-order valence-corrected chi connectivity index (χ1v) is 4.49. The Balaban J connectivity index is 3.41. The molecule has 14 heavy (non-hydrogen) atoms. The second-order valence-electron chi connectivity index (χ2n) is 3.31. The molecule has 1 atom stereocenters. The Morgan fingerprint density at radius 2 is 2.00 bits per heavy atom. The first-order chi connectivity index (χ1) is 6.31. The van der Waals surface area contributed by atoms with Gasteiger partial charge >= 0.3 is 6.18 Å². The Labute approximate surface area is 81.4 Å². The van der Waals surface area contributed by atoms with Crippen LogP contribution in [0.15, 0.2) is 0 Å². The van der Waals surface area contributed by atoms with Crippen molar-refractivity contribution in [1.82, 2.24) is 0 Å². The molecule has 0 saturated carbocycles. The molecule has 0 bridgehead atoms. The number of carbonyl (C=O) groups is 1. The molecule has 0 saturated heterocycles. The molecule has 2 nitrogen and oxygen atoms in total. The average Bonchev–Trinajstić information content (AvgIpc) is 1.95. The van der Waals surface area contributed by atoms with Gasteiger partial charge in [0.2, 0.25) is 0 Å². The number of Topliss-reactive ketones (excluding diaryl/α,β-unsaturated/α-hetero) is 1. The zero-order valence-corrected chi connectivity index (χ0v) is 8.36. The lowest BCUT2D eigenvalue weighted by Gasteiger charge is -2.11. The summed E-state index contributed by atoms with van der Waals surface area (Å²) in [5.74, 6) is -0.0201. The summed E-state index contributed by atoms with van der Waals surface area (Å²) in [4.78, 5) is 10.6. The molecular formula is C9H15F3O2. The largest absolute Gasteiger partial charge is 0.389 e. The standard InChI is InChI=1S/C9H15F3O2/c1-7(13)6-8(2)14-5-3-4-9(10,11)12/h8H,3-6H2,1-2H3. The topological polar surface area (TPSA) is 26.3 Å². The lowest BCUT2D eigenvalue weighted by atomic mass is 10.2. The van der Waals surface area contributed by atoms with Crippen LogP contribution < -0.4 is 0 Å². The van der Waals surface area contributed by atoms with Crippen LogP contribution in [0, 0.1) is 0 Å². The minimum atomic E-state index is -4.12. The molecule has 0 N–H and O–H groups in total. The van der Waals surface area contributed by atoms with E-state index in [-0.39, 0.29) is 31.3 Å². The van der Waals surface area contributed by atoms with Crippen LogP contribution in [0.5, 0.6) is 0 Å². The van der Waals surface area contributed by atoms with Crippen LogP contribution in [0.4, 0.5) is 13.2 Å². The second kappa shape index (κ2) is 6.01. The fourth-order valence-corrected chi connectivity index (χ4v) is 1.02. The SMILES string of the molecule is CC(=O)CC(C)OCCCC(F)(F)F. The number of carbonyl (C=O) groups excluding carboxylic acids is 1. The summed E-state index contributed by atoms with van der Waals surface area (Å²) in [5.41, 5.74) is 0. The highest BCUT2D eigenvalue weighted by Gasteiger charge is 2.26. The van der Waals surface area contributed by atoms with Gasteiger partial charge in [-0.15, -0.1) is 0 Å². The zero-order chi connectivity index (χ0) is 11.2. The third kappa shape index (κ3) is 9.51.